The average Bonchev–Trinajstić information content (AvgIpc) is 3.01. The van der Waals surface area contributed by atoms with Crippen molar-refractivity contribution in [3.05, 3.63) is 0 Å². The van der Waals surface area contributed by atoms with Gasteiger partial charge < -0.3 is 46.4 Å². The molecule has 0 aromatic carbocycles. The summed E-state index contributed by atoms with van der Waals surface area (Å²) < 4.78 is 0. The molecule has 6 amide bonds. The minimum atomic E-state index is -0.735. The number of unbranched alkanes of at least 4 members (excludes halogenated alkanes) is 35. The van der Waals surface area contributed by atoms with Crippen LogP contribution < -0.4 is 26.6 Å². The van der Waals surface area contributed by atoms with Gasteiger partial charge in [-0.3, -0.25) is 28.8 Å². The summed E-state index contributed by atoms with van der Waals surface area (Å²) in [4.78, 5) is 87.1. The molecule has 0 saturated carbocycles. The second-order valence-electron chi connectivity index (χ2n) is 26.8. The van der Waals surface area contributed by atoms with E-state index in [1.54, 1.807) is 4.90 Å². The van der Waals surface area contributed by atoms with Crippen molar-refractivity contribution in [1.82, 2.24) is 41.3 Å². The largest absolute Gasteiger partial charge is 0.391 e. The topological polar surface area (TPSA) is 193 Å². The van der Waals surface area contributed by atoms with Gasteiger partial charge in [-0.15, -0.1) is 0 Å². The summed E-state index contributed by atoms with van der Waals surface area (Å²) in [5.41, 5.74) is 0. The van der Waals surface area contributed by atoms with E-state index in [1.165, 1.54) is 173 Å². The summed E-state index contributed by atoms with van der Waals surface area (Å²) in [6.45, 7) is 17.5. The van der Waals surface area contributed by atoms with Crippen LogP contribution in [-0.4, -0.2) is 145 Å². The summed E-state index contributed by atoms with van der Waals surface area (Å²) in [6, 6.07) is -1.40. The third-order valence-electron chi connectivity index (χ3n) is 18.3. The summed E-state index contributed by atoms with van der Waals surface area (Å²) in [5.74, 6) is -0.198. The lowest BCUT2D eigenvalue weighted by molar-refractivity contribution is -0.151. The maximum Gasteiger partial charge on any atom is 0.245 e. The van der Waals surface area contributed by atoms with Crippen LogP contribution in [0.2, 0.25) is 0 Å². The maximum atomic E-state index is 14.6. The molecule has 1 heterocycles. The Kier molecular flexibility index (Phi) is 58.5. The van der Waals surface area contributed by atoms with Gasteiger partial charge in [-0.25, -0.2) is 0 Å². The third kappa shape index (κ3) is 50.9. The smallest absolute Gasteiger partial charge is 0.245 e. The molecule has 1 aliphatic rings. The van der Waals surface area contributed by atoms with Crippen molar-refractivity contribution < 1.29 is 33.9 Å². The fourth-order valence-corrected chi connectivity index (χ4v) is 12.4. The average molecular weight is 1260 g/mol. The highest BCUT2D eigenvalue weighted by molar-refractivity contribution is 5.97. The Morgan fingerprint density at radius 1 is 0.382 bits per heavy atom. The number of β-amino-alcohol motifs (C(OH)–C–C–N with tert-alkyl or cyclic N) is 1. The van der Waals surface area contributed by atoms with E-state index in [0.29, 0.717) is 123 Å². The van der Waals surface area contributed by atoms with Gasteiger partial charge in [0.05, 0.1) is 6.10 Å². The Hall–Kier alpha value is -3.30. The van der Waals surface area contributed by atoms with Gasteiger partial charge in [0.2, 0.25) is 35.4 Å². The van der Waals surface area contributed by atoms with E-state index < -0.39 is 18.2 Å². The van der Waals surface area contributed by atoms with Crippen LogP contribution >= 0.6 is 0 Å². The lowest BCUT2D eigenvalue weighted by Crippen LogP contribution is -2.64. The van der Waals surface area contributed by atoms with Gasteiger partial charge in [-0.05, 0) is 83.7 Å². The molecule has 15 heteroatoms. The number of carbonyl (C=O) groups is 6. The van der Waals surface area contributed by atoms with Gasteiger partial charge in [-0.1, -0.05) is 253 Å². The van der Waals surface area contributed by atoms with Crippen LogP contribution in [0.1, 0.15) is 349 Å². The number of piperazine rings is 1. The zero-order valence-electron chi connectivity index (χ0n) is 58.9. The highest BCUT2D eigenvalue weighted by Gasteiger charge is 2.40. The lowest BCUT2D eigenvalue weighted by Gasteiger charge is -2.40. The molecule has 1 rings (SSSR count). The number of rotatable bonds is 67. The predicted molar refractivity (Wildman–Crippen MR) is 373 cm³/mol. The molecule has 0 bridgehead atoms. The number of amides is 6. The molecule has 89 heavy (non-hydrogen) atoms. The number of aliphatic hydroxyl groups is 1. The minimum Gasteiger partial charge on any atom is -0.391 e. The molecule has 3 unspecified atom stereocenters. The van der Waals surface area contributed by atoms with Gasteiger partial charge in [0.15, 0.2) is 0 Å². The van der Waals surface area contributed by atoms with Gasteiger partial charge >= 0.3 is 0 Å². The summed E-state index contributed by atoms with van der Waals surface area (Å²) in [6.07, 6.45) is 50.4. The quantitative estimate of drug-likeness (QED) is 0.0322. The third-order valence-corrected chi connectivity index (χ3v) is 18.3. The zero-order chi connectivity index (χ0) is 64.9. The fraction of sp³-hybridized carbons (Fsp3) is 0.919. The normalized spacial score (nSPS) is 14.6. The molecule has 0 radical (unpaired) electrons. The molecular formula is C74H144N8O7. The summed E-state index contributed by atoms with van der Waals surface area (Å²) >= 11 is 0. The van der Waals surface area contributed by atoms with Crippen molar-refractivity contribution in [2.75, 3.05) is 72.0 Å². The van der Waals surface area contributed by atoms with E-state index in [0.717, 1.165) is 83.5 Å². The SMILES string of the molecule is CCCCCCCCCCNC(=O)CCN(CCCCC1NC(=O)C(CCCCN(CCC(=O)NCCCCCCCCCC)CCC(=O)NCCCCCCCCCC)N(CC(O)CCCCCCCCC)C1=O)CCC(=O)NCCCCCCCCC. The van der Waals surface area contributed by atoms with E-state index in [9.17, 15) is 33.9 Å². The van der Waals surface area contributed by atoms with Crippen LogP contribution in [0.4, 0.5) is 0 Å². The number of nitrogens with one attached hydrogen (secondary N) is 5. The summed E-state index contributed by atoms with van der Waals surface area (Å²) in [5, 5.41) is 27.1. The Morgan fingerprint density at radius 2 is 0.663 bits per heavy atom. The van der Waals surface area contributed by atoms with Crippen LogP contribution in [0, 0.1) is 0 Å². The first-order valence-electron chi connectivity index (χ1n) is 38.3. The molecule has 1 fully saturated rings. The second-order valence-corrected chi connectivity index (χ2v) is 26.8. The van der Waals surface area contributed by atoms with Gasteiger partial charge in [0.1, 0.15) is 12.1 Å². The van der Waals surface area contributed by atoms with Crippen molar-refractivity contribution in [2.45, 2.75) is 367 Å². The van der Waals surface area contributed by atoms with E-state index in [2.05, 4.69) is 71.0 Å². The van der Waals surface area contributed by atoms with Crippen molar-refractivity contribution in [1.29, 1.82) is 0 Å². The van der Waals surface area contributed by atoms with Crippen LogP contribution in [-0.2, 0) is 28.8 Å². The van der Waals surface area contributed by atoms with Crippen molar-refractivity contribution >= 4 is 35.4 Å². The van der Waals surface area contributed by atoms with Crippen LogP contribution in [0.15, 0.2) is 0 Å². The van der Waals surface area contributed by atoms with E-state index in [4.69, 9.17) is 0 Å². The van der Waals surface area contributed by atoms with Gasteiger partial charge in [0.25, 0.3) is 0 Å². The van der Waals surface area contributed by atoms with Gasteiger partial charge in [-0.2, -0.15) is 0 Å². The summed E-state index contributed by atoms with van der Waals surface area (Å²) in [7, 11) is 0. The van der Waals surface area contributed by atoms with Crippen LogP contribution in [0.5, 0.6) is 0 Å². The standard InChI is InChI=1S/C74H144N8O7/c1-6-11-16-21-26-31-36-43-56-76-70(85)52-62-80(61-51-69(84)75-55-42-35-30-25-20-15-10-5)59-46-40-49-67-74(89)82(65-66(83)48-39-34-29-24-19-14-9-4)68(73(88)79-67)50-41-47-60-81(63-53-71(86)77-57-44-37-32-27-22-17-12-7-2)64-54-72(87)78-58-45-38-33-28-23-18-13-8-3/h66-68,83H,6-65H2,1-5H3,(H,75,84)(H,76,85)(H,77,86)(H,78,87)(H,79,88). The Morgan fingerprint density at radius 3 is 0.978 bits per heavy atom. The van der Waals surface area contributed by atoms with Crippen LogP contribution in [0.25, 0.3) is 0 Å². The van der Waals surface area contributed by atoms with Crippen molar-refractivity contribution in [3.63, 3.8) is 0 Å². The highest BCUT2D eigenvalue weighted by atomic mass is 16.3. The number of hydrogen-bond donors (Lipinski definition) is 6. The van der Waals surface area contributed by atoms with E-state index in [-0.39, 0.29) is 42.0 Å². The molecule has 1 saturated heterocycles. The van der Waals surface area contributed by atoms with E-state index >= 15 is 0 Å². The predicted octanol–water partition coefficient (Wildman–Crippen LogP) is 15.3. The van der Waals surface area contributed by atoms with Crippen LogP contribution in [0.3, 0.4) is 0 Å². The maximum absolute atomic E-state index is 14.6. The molecule has 0 aromatic rings. The highest BCUT2D eigenvalue weighted by Crippen LogP contribution is 2.22. The Labute approximate surface area is 547 Å². The van der Waals surface area contributed by atoms with Crippen molar-refractivity contribution in [3.8, 4) is 0 Å². The number of hydrogen-bond acceptors (Lipinski definition) is 9. The second kappa shape index (κ2) is 62.2. The molecule has 522 valence electrons. The zero-order valence-corrected chi connectivity index (χ0v) is 58.9. The van der Waals surface area contributed by atoms with Gasteiger partial charge in [0, 0.05) is 84.6 Å². The Balaban J connectivity index is 3.03. The molecule has 0 aliphatic carbocycles. The molecule has 0 aromatic heterocycles. The number of nitrogens with zero attached hydrogens (tertiary/aromatic N) is 3. The molecular weight excluding hydrogens is 1110 g/mol. The molecule has 3 atom stereocenters. The Bertz CT molecular complexity index is 1650. The first-order valence-corrected chi connectivity index (χ1v) is 38.3. The monoisotopic (exact) mass is 1260 g/mol. The first-order chi connectivity index (χ1) is 43.5. The van der Waals surface area contributed by atoms with E-state index in [1.807, 2.05) is 0 Å². The lowest BCUT2D eigenvalue weighted by atomic mass is 9.97. The minimum absolute atomic E-state index is 0.0319. The number of aliphatic hydroxyl groups excluding tert-OH is 1. The molecule has 15 nitrogen and oxygen atoms in total. The first kappa shape index (κ1) is 83.7. The fourth-order valence-electron chi connectivity index (χ4n) is 12.4. The molecule has 6 N–H and O–H groups in total. The number of carbonyl (C=O) groups excluding carboxylic acids is 6. The molecule has 0 spiro atoms. The molecule has 1 aliphatic heterocycles. The van der Waals surface area contributed by atoms with Crippen molar-refractivity contribution in [2.24, 2.45) is 0 Å².